The van der Waals surface area contributed by atoms with Crippen LogP contribution in [0.25, 0.3) is 0 Å². The molecular formula is C16H23NO3. The first-order valence-corrected chi connectivity index (χ1v) is 7.33. The fourth-order valence-corrected chi connectivity index (χ4v) is 2.53. The number of hydrogen-bond acceptors (Lipinski definition) is 3. The van der Waals surface area contributed by atoms with Gasteiger partial charge in [-0.25, -0.2) is 0 Å². The molecule has 1 aliphatic heterocycles. The maximum absolute atomic E-state index is 12.1. The Labute approximate surface area is 120 Å². The molecule has 20 heavy (non-hydrogen) atoms. The van der Waals surface area contributed by atoms with Crippen LogP contribution in [0.4, 0.5) is 0 Å². The molecule has 1 atom stereocenters. The van der Waals surface area contributed by atoms with Gasteiger partial charge < -0.3 is 14.7 Å². The van der Waals surface area contributed by atoms with Crippen LogP contribution in [0.2, 0.25) is 0 Å². The number of nitrogens with zero attached hydrogens (tertiary/aromatic N) is 1. The van der Waals surface area contributed by atoms with Gasteiger partial charge in [-0.3, -0.25) is 4.79 Å². The lowest BCUT2D eigenvalue weighted by Crippen LogP contribution is -2.50. The first-order chi connectivity index (χ1) is 9.81. The summed E-state index contributed by atoms with van der Waals surface area (Å²) in [4.78, 5) is 13.9. The number of carbonyl (C=O) groups excluding carboxylic acids is 1. The van der Waals surface area contributed by atoms with Gasteiger partial charge in [0.1, 0.15) is 0 Å². The first kappa shape index (κ1) is 15.0. The summed E-state index contributed by atoms with van der Waals surface area (Å²) < 4.78 is 5.28. The Balaban J connectivity index is 1.69. The third kappa shape index (κ3) is 4.32. The predicted molar refractivity (Wildman–Crippen MR) is 77.4 cm³/mol. The minimum absolute atomic E-state index is 0.0181. The van der Waals surface area contributed by atoms with E-state index in [-0.39, 0.29) is 18.6 Å². The molecule has 2 rings (SSSR count). The van der Waals surface area contributed by atoms with Gasteiger partial charge in [-0.1, -0.05) is 30.3 Å². The Morgan fingerprint density at radius 1 is 1.30 bits per heavy atom. The smallest absolute Gasteiger partial charge is 0.223 e. The van der Waals surface area contributed by atoms with E-state index in [0.29, 0.717) is 26.2 Å². The van der Waals surface area contributed by atoms with Crippen LogP contribution in [0, 0.1) is 0 Å². The number of hydrogen-bond donors (Lipinski definition) is 1. The molecule has 1 heterocycles. The van der Waals surface area contributed by atoms with Crippen molar-refractivity contribution in [2.24, 2.45) is 0 Å². The van der Waals surface area contributed by atoms with Crippen molar-refractivity contribution < 1.29 is 14.6 Å². The summed E-state index contributed by atoms with van der Waals surface area (Å²) in [5, 5.41) is 9.26. The minimum Gasteiger partial charge on any atom is -0.394 e. The van der Waals surface area contributed by atoms with Crippen molar-refractivity contribution >= 4 is 5.91 Å². The molecule has 110 valence electrons. The van der Waals surface area contributed by atoms with E-state index in [4.69, 9.17) is 4.74 Å². The molecule has 0 spiro atoms. The summed E-state index contributed by atoms with van der Waals surface area (Å²) in [5.74, 6) is 0.139. The highest BCUT2D eigenvalue weighted by atomic mass is 16.5. The van der Waals surface area contributed by atoms with E-state index in [1.807, 2.05) is 18.2 Å². The Morgan fingerprint density at radius 3 is 2.85 bits per heavy atom. The maximum atomic E-state index is 12.1. The number of benzene rings is 1. The average molecular weight is 277 g/mol. The van der Waals surface area contributed by atoms with E-state index >= 15 is 0 Å². The minimum atomic E-state index is -0.162. The largest absolute Gasteiger partial charge is 0.394 e. The summed E-state index contributed by atoms with van der Waals surface area (Å²) in [7, 11) is 0. The molecular weight excluding hydrogens is 254 g/mol. The Morgan fingerprint density at radius 2 is 2.10 bits per heavy atom. The third-order valence-corrected chi connectivity index (χ3v) is 3.71. The molecule has 1 aromatic carbocycles. The van der Waals surface area contributed by atoms with Gasteiger partial charge in [-0.05, 0) is 24.8 Å². The predicted octanol–water partition coefficient (Wildman–Crippen LogP) is 1.62. The summed E-state index contributed by atoms with van der Waals surface area (Å²) in [6.45, 7) is 1.61. The van der Waals surface area contributed by atoms with E-state index in [0.717, 1.165) is 19.3 Å². The number of rotatable bonds is 6. The number of morpholine rings is 1. The van der Waals surface area contributed by atoms with Gasteiger partial charge in [-0.2, -0.15) is 0 Å². The second kappa shape index (κ2) is 8.02. The van der Waals surface area contributed by atoms with Crippen LogP contribution in [-0.2, 0) is 16.0 Å². The molecule has 1 amide bonds. The molecule has 0 aromatic heterocycles. The summed E-state index contributed by atoms with van der Waals surface area (Å²) in [5.41, 5.74) is 1.32. The fraction of sp³-hybridized carbons (Fsp3) is 0.562. The fourth-order valence-electron chi connectivity index (χ4n) is 2.53. The highest BCUT2D eigenvalue weighted by Gasteiger charge is 2.25. The first-order valence-electron chi connectivity index (χ1n) is 7.33. The number of aryl methyl sites for hydroxylation is 1. The topological polar surface area (TPSA) is 49.8 Å². The van der Waals surface area contributed by atoms with Crippen LogP contribution >= 0.6 is 0 Å². The van der Waals surface area contributed by atoms with Crippen molar-refractivity contribution in [2.45, 2.75) is 31.7 Å². The molecule has 1 aromatic rings. The molecule has 1 N–H and O–H groups in total. The maximum Gasteiger partial charge on any atom is 0.223 e. The number of aliphatic hydroxyl groups excluding tert-OH is 1. The zero-order chi connectivity index (χ0) is 14.2. The van der Waals surface area contributed by atoms with Gasteiger partial charge in [-0.15, -0.1) is 0 Å². The van der Waals surface area contributed by atoms with E-state index in [1.165, 1.54) is 5.56 Å². The lowest BCUT2D eigenvalue weighted by atomic mass is 10.1. The van der Waals surface area contributed by atoms with Crippen LogP contribution in [0.3, 0.4) is 0 Å². The van der Waals surface area contributed by atoms with Gasteiger partial charge in [0.2, 0.25) is 5.91 Å². The van der Waals surface area contributed by atoms with Crippen LogP contribution in [0.5, 0.6) is 0 Å². The Kier molecular flexibility index (Phi) is 6.02. The number of aliphatic hydroxyl groups is 1. The Hall–Kier alpha value is -1.39. The quantitative estimate of drug-likeness (QED) is 0.804. The normalized spacial score (nSPS) is 19.1. The lowest BCUT2D eigenvalue weighted by molar-refractivity contribution is -0.141. The van der Waals surface area contributed by atoms with Crippen LogP contribution < -0.4 is 0 Å². The molecule has 0 radical (unpaired) electrons. The number of carbonyl (C=O) groups is 1. The van der Waals surface area contributed by atoms with Gasteiger partial charge in [0, 0.05) is 13.0 Å². The summed E-state index contributed by atoms with van der Waals surface area (Å²) in [6.07, 6.45) is 3.48. The van der Waals surface area contributed by atoms with Gasteiger partial charge >= 0.3 is 0 Å². The molecule has 0 bridgehead atoms. The van der Waals surface area contributed by atoms with E-state index in [1.54, 1.807) is 4.90 Å². The molecule has 0 saturated carbocycles. The van der Waals surface area contributed by atoms with Crippen LogP contribution in [-0.4, -0.2) is 48.3 Å². The lowest BCUT2D eigenvalue weighted by Gasteiger charge is -2.34. The molecule has 4 heteroatoms. The number of amides is 1. The van der Waals surface area contributed by atoms with Crippen molar-refractivity contribution in [3.63, 3.8) is 0 Å². The molecule has 0 aliphatic carbocycles. The van der Waals surface area contributed by atoms with Crippen molar-refractivity contribution in [1.82, 2.24) is 4.90 Å². The Bertz CT molecular complexity index is 407. The van der Waals surface area contributed by atoms with Crippen molar-refractivity contribution in [3.8, 4) is 0 Å². The molecule has 0 unspecified atom stereocenters. The highest BCUT2D eigenvalue weighted by molar-refractivity contribution is 5.76. The molecule has 4 nitrogen and oxygen atoms in total. The van der Waals surface area contributed by atoms with Crippen molar-refractivity contribution in [3.05, 3.63) is 35.9 Å². The van der Waals surface area contributed by atoms with Crippen molar-refractivity contribution in [1.29, 1.82) is 0 Å². The van der Waals surface area contributed by atoms with Crippen molar-refractivity contribution in [2.75, 3.05) is 26.4 Å². The summed E-state index contributed by atoms with van der Waals surface area (Å²) >= 11 is 0. The molecule has 1 aliphatic rings. The zero-order valence-corrected chi connectivity index (χ0v) is 11.8. The molecule has 1 saturated heterocycles. The monoisotopic (exact) mass is 277 g/mol. The second-order valence-electron chi connectivity index (χ2n) is 5.19. The van der Waals surface area contributed by atoms with Gasteiger partial charge in [0.15, 0.2) is 0 Å². The standard InChI is InChI=1S/C16H23NO3/c18-12-15-13-20-11-10-17(15)16(19)9-5-4-8-14-6-2-1-3-7-14/h1-3,6-7,15,18H,4-5,8-13H2/t15-/m1/s1. The van der Waals surface area contributed by atoms with Gasteiger partial charge in [0.25, 0.3) is 0 Å². The average Bonchev–Trinajstić information content (AvgIpc) is 2.52. The SMILES string of the molecule is O=C(CCCCc1ccccc1)N1CCOC[C@H]1CO. The van der Waals surface area contributed by atoms with Gasteiger partial charge in [0.05, 0.1) is 25.9 Å². The summed E-state index contributed by atoms with van der Waals surface area (Å²) in [6, 6.07) is 10.2. The molecule has 1 fully saturated rings. The highest BCUT2D eigenvalue weighted by Crippen LogP contribution is 2.12. The second-order valence-corrected chi connectivity index (χ2v) is 5.19. The van der Waals surface area contributed by atoms with Crippen LogP contribution in [0.1, 0.15) is 24.8 Å². The van der Waals surface area contributed by atoms with E-state index < -0.39 is 0 Å². The zero-order valence-electron chi connectivity index (χ0n) is 11.8. The number of ether oxygens (including phenoxy) is 1. The van der Waals surface area contributed by atoms with E-state index in [2.05, 4.69) is 12.1 Å². The van der Waals surface area contributed by atoms with E-state index in [9.17, 15) is 9.90 Å². The number of unbranched alkanes of at least 4 members (excludes halogenated alkanes) is 1. The third-order valence-electron chi connectivity index (χ3n) is 3.71. The van der Waals surface area contributed by atoms with Crippen LogP contribution in [0.15, 0.2) is 30.3 Å².